The standard InChI is InChI=1S/C12H18N2O/c1-4-14-11(9-5-6-9)10(7-13-14)12(15)8(2)3/h7-9H,4-6H2,1-3H3. The van der Waals surface area contributed by atoms with Gasteiger partial charge in [-0.15, -0.1) is 0 Å². The Hall–Kier alpha value is -1.12. The van der Waals surface area contributed by atoms with E-state index in [1.165, 1.54) is 18.5 Å². The van der Waals surface area contributed by atoms with Gasteiger partial charge in [0.05, 0.1) is 17.5 Å². The zero-order valence-electron chi connectivity index (χ0n) is 9.66. The van der Waals surface area contributed by atoms with E-state index in [1.54, 1.807) is 6.20 Å². The molecule has 2 rings (SSSR count). The molecule has 1 saturated carbocycles. The number of aromatic nitrogens is 2. The number of hydrogen-bond acceptors (Lipinski definition) is 2. The van der Waals surface area contributed by atoms with Crippen LogP contribution < -0.4 is 0 Å². The van der Waals surface area contributed by atoms with E-state index >= 15 is 0 Å². The van der Waals surface area contributed by atoms with E-state index in [-0.39, 0.29) is 11.7 Å². The minimum absolute atomic E-state index is 0.0667. The summed E-state index contributed by atoms with van der Waals surface area (Å²) >= 11 is 0. The van der Waals surface area contributed by atoms with Gasteiger partial charge in [0.15, 0.2) is 5.78 Å². The highest BCUT2D eigenvalue weighted by atomic mass is 16.1. The highest BCUT2D eigenvalue weighted by Crippen LogP contribution is 2.42. The molecule has 1 aromatic rings. The summed E-state index contributed by atoms with van der Waals surface area (Å²) in [6.45, 7) is 6.82. The van der Waals surface area contributed by atoms with Crippen LogP contribution in [-0.4, -0.2) is 15.6 Å². The fourth-order valence-electron chi connectivity index (χ4n) is 1.94. The Labute approximate surface area is 90.5 Å². The number of ketones is 1. The van der Waals surface area contributed by atoms with Gasteiger partial charge in [0.25, 0.3) is 0 Å². The summed E-state index contributed by atoms with van der Waals surface area (Å²) in [6, 6.07) is 0. The van der Waals surface area contributed by atoms with Crippen LogP contribution in [0.25, 0.3) is 0 Å². The third-order valence-corrected chi connectivity index (χ3v) is 2.93. The molecular weight excluding hydrogens is 188 g/mol. The predicted octanol–water partition coefficient (Wildman–Crippen LogP) is 2.62. The molecule has 0 aromatic carbocycles. The zero-order valence-corrected chi connectivity index (χ0v) is 9.66. The Bertz CT molecular complexity index is 375. The van der Waals surface area contributed by atoms with Crippen LogP contribution in [0.5, 0.6) is 0 Å². The van der Waals surface area contributed by atoms with E-state index in [4.69, 9.17) is 0 Å². The highest BCUT2D eigenvalue weighted by molar-refractivity contribution is 5.98. The predicted molar refractivity (Wildman–Crippen MR) is 59.0 cm³/mol. The van der Waals surface area contributed by atoms with Gasteiger partial charge in [-0.1, -0.05) is 13.8 Å². The molecule has 1 heterocycles. The lowest BCUT2D eigenvalue weighted by Gasteiger charge is -2.07. The Morgan fingerprint density at radius 3 is 2.73 bits per heavy atom. The fraction of sp³-hybridized carbons (Fsp3) is 0.667. The van der Waals surface area contributed by atoms with Crippen molar-refractivity contribution in [2.45, 2.75) is 46.1 Å². The second kappa shape index (κ2) is 3.80. The van der Waals surface area contributed by atoms with Gasteiger partial charge in [-0.05, 0) is 19.8 Å². The molecule has 0 aliphatic heterocycles. The molecule has 0 radical (unpaired) electrons. The number of hydrogen-bond donors (Lipinski definition) is 0. The third-order valence-electron chi connectivity index (χ3n) is 2.93. The first-order valence-corrected chi connectivity index (χ1v) is 5.75. The van der Waals surface area contributed by atoms with Crippen LogP contribution in [-0.2, 0) is 6.54 Å². The van der Waals surface area contributed by atoms with Crippen molar-refractivity contribution in [3.8, 4) is 0 Å². The summed E-state index contributed by atoms with van der Waals surface area (Å²) in [5.74, 6) is 0.888. The first-order valence-electron chi connectivity index (χ1n) is 5.75. The average Bonchev–Trinajstić information content (AvgIpc) is 2.96. The molecule has 0 N–H and O–H groups in total. The van der Waals surface area contributed by atoms with Crippen LogP contribution in [0.15, 0.2) is 6.20 Å². The number of nitrogens with zero attached hydrogens (tertiary/aromatic N) is 2. The lowest BCUT2D eigenvalue weighted by molar-refractivity contribution is 0.0938. The monoisotopic (exact) mass is 206 g/mol. The first-order chi connectivity index (χ1) is 7.15. The van der Waals surface area contributed by atoms with Crippen LogP contribution in [0, 0.1) is 5.92 Å². The van der Waals surface area contributed by atoms with Crippen molar-refractivity contribution in [3.05, 3.63) is 17.5 Å². The van der Waals surface area contributed by atoms with Crippen molar-refractivity contribution >= 4 is 5.78 Å². The molecule has 1 aliphatic rings. The lowest BCUT2D eigenvalue weighted by atomic mass is 10.00. The maximum absolute atomic E-state index is 12.0. The van der Waals surface area contributed by atoms with Gasteiger partial charge < -0.3 is 0 Å². The first kappa shape index (κ1) is 10.4. The molecule has 15 heavy (non-hydrogen) atoms. The van der Waals surface area contributed by atoms with Crippen molar-refractivity contribution < 1.29 is 4.79 Å². The minimum atomic E-state index is 0.0667. The quantitative estimate of drug-likeness (QED) is 0.710. The summed E-state index contributed by atoms with van der Waals surface area (Å²) in [5.41, 5.74) is 2.03. The Kier molecular flexibility index (Phi) is 2.63. The van der Waals surface area contributed by atoms with Crippen LogP contribution in [0.2, 0.25) is 0 Å². The van der Waals surface area contributed by atoms with Gasteiger partial charge in [-0.2, -0.15) is 5.10 Å². The van der Waals surface area contributed by atoms with Gasteiger partial charge in [0.2, 0.25) is 0 Å². The maximum Gasteiger partial charge on any atom is 0.168 e. The number of rotatable bonds is 4. The molecule has 0 atom stereocenters. The maximum atomic E-state index is 12.0. The molecule has 0 unspecified atom stereocenters. The van der Waals surface area contributed by atoms with Gasteiger partial charge in [-0.25, -0.2) is 0 Å². The van der Waals surface area contributed by atoms with Gasteiger partial charge in [0.1, 0.15) is 0 Å². The normalized spacial score (nSPS) is 16.0. The zero-order chi connectivity index (χ0) is 11.0. The van der Waals surface area contributed by atoms with E-state index in [0.717, 1.165) is 12.1 Å². The van der Waals surface area contributed by atoms with Gasteiger partial charge >= 0.3 is 0 Å². The molecule has 0 amide bonds. The van der Waals surface area contributed by atoms with Crippen LogP contribution in [0.1, 0.15) is 55.6 Å². The summed E-state index contributed by atoms with van der Waals surface area (Å²) in [6.07, 6.45) is 4.17. The van der Waals surface area contributed by atoms with E-state index in [0.29, 0.717) is 5.92 Å². The molecule has 82 valence electrons. The van der Waals surface area contributed by atoms with E-state index in [1.807, 2.05) is 18.5 Å². The van der Waals surface area contributed by atoms with Crippen molar-refractivity contribution in [1.29, 1.82) is 0 Å². The molecule has 0 saturated heterocycles. The molecule has 0 bridgehead atoms. The van der Waals surface area contributed by atoms with Crippen molar-refractivity contribution in [3.63, 3.8) is 0 Å². The van der Waals surface area contributed by atoms with Gasteiger partial charge in [0, 0.05) is 18.4 Å². The Morgan fingerprint density at radius 2 is 2.27 bits per heavy atom. The number of carbonyl (C=O) groups is 1. The number of Topliss-reactive ketones (excluding diaryl/α,β-unsaturated/α-hetero) is 1. The average molecular weight is 206 g/mol. The topological polar surface area (TPSA) is 34.9 Å². The Morgan fingerprint density at radius 1 is 1.60 bits per heavy atom. The summed E-state index contributed by atoms with van der Waals surface area (Å²) in [7, 11) is 0. The van der Waals surface area contributed by atoms with Crippen LogP contribution >= 0.6 is 0 Å². The summed E-state index contributed by atoms with van der Waals surface area (Å²) < 4.78 is 1.98. The lowest BCUT2D eigenvalue weighted by Crippen LogP contribution is -2.11. The minimum Gasteiger partial charge on any atom is -0.294 e. The van der Waals surface area contributed by atoms with Crippen molar-refractivity contribution in [2.24, 2.45) is 5.92 Å². The molecule has 3 nitrogen and oxygen atoms in total. The molecule has 0 spiro atoms. The number of carbonyl (C=O) groups excluding carboxylic acids is 1. The second-order valence-electron chi connectivity index (χ2n) is 4.55. The highest BCUT2D eigenvalue weighted by Gasteiger charge is 2.32. The number of aryl methyl sites for hydroxylation is 1. The SMILES string of the molecule is CCn1ncc(C(=O)C(C)C)c1C1CC1. The van der Waals surface area contributed by atoms with E-state index < -0.39 is 0 Å². The third kappa shape index (κ3) is 1.83. The fourth-order valence-corrected chi connectivity index (χ4v) is 1.94. The second-order valence-corrected chi connectivity index (χ2v) is 4.55. The molecule has 1 fully saturated rings. The summed E-state index contributed by atoms with van der Waals surface area (Å²) in [4.78, 5) is 12.0. The largest absolute Gasteiger partial charge is 0.294 e. The molecule has 3 heteroatoms. The van der Waals surface area contributed by atoms with Gasteiger partial charge in [-0.3, -0.25) is 9.48 Å². The Balaban J connectivity index is 2.38. The van der Waals surface area contributed by atoms with E-state index in [2.05, 4.69) is 12.0 Å². The van der Waals surface area contributed by atoms with E-state index in [9.17, 15) is 4.79 Å². The van der Waals surface area contributed by atoms with Crippen molar-refractivity contribution in [2.75, 3.05) is 0 Å². The molecule has 1 aromatic heterocycles. The van der Waals surface area contributed by atoms with Crippen LogP contribution in [0.4, 0.5) is 0 Å². The molecular formula is C12H18N2O. The smallest absolute Gasteiger partial charge is 0.168 e. The summed E-state index contributed by atoms with van der Waals surface area (Å²) in [5, 5.41) is 4.30. The van der Waals surface area contributed by atoms with Crippen molar-refractivity contribution in [1.82, 2.24) is 9.78 Å². The van der Waals surface area contributed by atoms with Crippen LogP contribution in [0.3, 0.4) is 0 Å². The molecule has 1 aliphatic carbocycles.